The van der Waals surface area contributed by atoms with Crippen LogP contribution in [0.5, 0.6) is 0 Å². The molecule has 1 aromatic rings. The number of rotatable bonds is 3. The van der Waals surface area contributed by atoms with Gasteiger partial charge in [-0.3, -0.25) is 0 Å². The second-order valence-electron chi connectivity index (χ2n) is 6.60. The van der Waals surface area contributed by atoms with Crippen molar-refractivity contribution in [1.29, 1.82) is 0 Å². The van der Waals surface area contributed by atoms with E-state index >= 15 is 0 Å². The lowest BCUT2D eigenvalue weighted by Gasteiger charge is -2.32. The first kappa shape index (κ1) is 20.4. The van der Waals surface area contributed by atoms with Gasteiger partial charge in [0.05, 0.1) is 11.5 Å². The van der Waals surface area contributed by atoms with Crippen LogP contribution in [0.2, 0.25) is 0 Å². The summed E-state index contributed by atoms with van der Waals surface area (Å²) in [6, 6.07) is 3.29. The van der Waals surface area contributed by atoms with Crippen LogP contribution in [-0.4, -0.2) is 30.2 Å². The number of amides is 2. The summed E-state index contributed by atoms with van der Waals surface area (Å²) in [5.74, 6) is -1.42. The van der Waals surface area contributed by atoms with Gasteiger partial charge in [-0.2, -0.15) is 26.3 Å². The fourth-order valence-corrected chi connectivity index (χ4v) is 3.05. The maximum absolute atomic E-state index is 12.8. The van der Waals surface area contributed by atoms with E-state index in [1.54, 1.807) is 0 Å². The van der Waals surface area contributed by atoms with Crippen molar-refractivity contribution in [3.63, 3.8) is 0 Å². The maximum Gasteiger partial charge on any atom is 0.416 e. The molecule has 0 unspecified atom stereocenters. The van der Waals surface area contributed by atoms with E-state index in [2.05, 4.69) is 5.32 Å². The molecule has 0 heterocycles. The van der Waals surface area contributed by atoms with Crippen LogP contribution in [-0.2, 0) is 12.7 Å². The summed E-state index contributed by atoms with van der Waals surface area (Å²) in [4.78, 5) is 13.4. The van der Waals surface area contributed by atoms with E-state index < -0.39 is 35.9 Å². The molecule has 0 aliphatic heterocycles. The van der Waals surface area contributed by atoms with Gasteiger partial charge in [0.25, 0.3) is 0 Å². The lowest BCUT2D eigenvalue weighted by Crippen LogP contribution is -2.46. The van der Waals surface area contributed by atoms with E-state index in [1.807, 2.05) is 0 Å². The second kappa shape index (κ2) is 7.75. The van der Waals surface area contributed by atoms with Gasteiger partial charge < -0.3 is 10.2 Å². The van der Waals surface area contributed by atoms with Crippen LogP contribution >= 0.6 is 0 Å². The Morgan fingerprint density at radius 3 is 2.27 bits per heavy atom. The Balaban J connectivity index is 1.89. The molecule has 1 aliphatic rings. The molecular formula is C17H20F6N2O. The second-order valence-corrected chi connectivity index (χ2v) is 6.60. The summed E-state index contributed by atoms with van der Waals surface area (Å²) in [5.41, 5.74) is -0.291. The van der Waals surface area contributed by atoms with Crippen molar-refractivity contribution in [3.8, 4) is 0 Å². The number of nitrogens with one attached hydrogen (secondary N) is 1. The first-order valence-electron chi connectivity index (χ1n) is 8.21. The Morgan fingerprint density at radius 2 is 1.73 bits per heavy atom. The monoisotopic (exact) mass is 382 g/mol. The number of urea groups is 1. The summed E-state index contributed by atoms with van der Waals surface area (Å²) >= 11 is 0. The number of benzene rings is 1. The quantitative estimate of drug-likeness (QED) is 0.736. The topological polar surface area (TPSA) is 32.3 Å². The fourth-order valence-electron chi connectivity index (χ4n) is 3.05. The zero-order valence-electron chi connectivity index (χ0n) is 14.1. The maximum atomic E-state index is 12.8. The van der Waals surface area contributed by atoms with Crippen molar-refractivity contribution in [2.45, 2.75) is 50.6 Å². The molecule has 2 atom stereocenters. The number of nitrogens with zero attached hydrogens (tertiary/aromatic N) is 1. The predicted molar refractivity (Wildman–Crippen MR) is 83.2 cm³/mol. The summed E-state index contributed by atoms with van der Waals surface area (Å²) in [6.07, 6.45) is -7.92. The molecule has 2 amide bonds. The van der Waals surface area contributed by atoms with Crippen LogP contribution in [0, 0.1) is 5.92 Å². The molecule has 0 aromatic heterocycles. The number of hydrogen-bond donors (Lipinski definition) is 1. The highest BCUT2D eigenvalue weighted by Crippen LogP contribution is 2.37. The molecule has 0 radical (unpaired) electrons. The van der Waals surface area contributed by atoms with E-state index in [1.165, 1.54) is 24.1 Å². The van der Waals surface area contributed by atoms with Crippen LogP contribution in [0.25, 0.3) is 0 Å². The first-order valence-corrected chi connectivity index (χ1v) is 8.21. The Kier molecular flexibility index (Phi) is 6.08. The lowest BCUT2D eigenvalue weighted by molar-refractivity contribution is -0.183. The molecule has 0 saturated heterocycles. The molecular weight excluding hydrogens is 362 g/mol. The average molecular weight is 382 g/mol. The van der Waals surface area contributed by atoms with Crippen LogP contribution in [0.1, 0.15) is 36.8 Å². The normalized spacial score (nSPS) is 21.3. The largest absolute Gasteiger partial charge is 0.416 e. The van der Waals surface area contributed by atoms with Gasteiger partial charge >= 0.3 is 18.4 Å². The van der Waals surface area contributed by atoms with Crippen molar-refractivity contribution in [2.24, 2.45) is 5.92 Å². The van der Waals surface area contributed by atoms with E-state index in [9.17, 15) is 31.1 Å². The zero-order valence-corrected chi connectivity index (χ0v) is 14.1. The number of carbonyl (C=O) groups excluding carboxylic acids is 1. The summed E-state index contributed by atoms with van der Waals surface area (Å²) < 4.78 is 76.0. The minimum Gasteiger partial charge on any atom is -0.335 e. The van der Waals surface area contributed by atoms with Crippen molar-refractivity contribution < 1.29 is 31.1 Å². The third-order valence-corrected chi connectivity index (χ3v) is 4.51. The first-order chi connectivity index (χ1) is 12.0. The van der Waals surface area contributed by atoms with E-state index in [0.717, 1.165) is 12.1 Å². The number of hydrogen-bond acceptors (Lipinski definition) is 1. The van der Waals surface area contributed by atoms with Crippen LogP contribution in [0.3, 0.4) is 0 Å². The van der Waals surface area contributed by atoms with E-state index in [-0.39, 0.29) is 19.4 Å². The van der Waals surface area contributed by atoms with Crippen molar-refractivity contribution in [3.05, 3.63) is 35.4 Å². The van der Waals surface area contributed by atoms with Crippen molar-refractivity contribution in [1.82, 2.24) is 10.2 Å². The van der Waals surface area contributed by atoms with Crippen LogP contribution in [0.15, 0.2) is 24.3 Å². The van der Waals surface area contributed by atoms with Gasteiger partial charge in [0, 0.05) is 19.6 Å². The van der Waals surface area contributed by atoms with Crippen molar-refractivity contribution in [2.75, 3.05) is 7.05 Å². The molecule has 26 heavy (non-hydrogen) atoms. The predicted octanol–water partition coefficient (Wildman–Crippen LogP) is 4.97. The van der Waals surface area contributed by atoms with Gasteiger partial charge in [0.1, 0.15) is 0 Å². The van der Waals surface area contributed by atoms with Gasteiger partial charge in [0.15, 0.2) is 0 Å². The Labute approximate surface area is 147 Å². The highest BCUT2D eigenvalue weighted by atomic mass is 19.4. The molecule has 9 heteroatoms. The standard InChI is InChI=1S/C17H20F6N2O/c1-25(10-11-5-7-12(8-6-11)16(18,19)20)15(26)24-14-4-2-3-13(9-14)17(21,22)23/h5-8,13-14H,2-4,9-10H2,1H3,(H,24,26)/t13-,14-/m1/s1. The molecule has 3 nitrogen and oxygen atoms in total. The fraction of sp³-hybridized carbons (Fsp3) is 0.588. The van der Waals surface area contributed by atoms with E-state index in [4.69, 9.17) is 0 Å². The Hall–Kier alpha value is -1.93. The molecule has 1 N–H and O–H groups in total. The molecule has 146 valence electrons. The number of carbonyl (C=O) groups is 1. The van der Waals surface area contributed by atoms with Gasteiger partial charge in [-0.25, -0.2) is 4.79 Å². The summed E-state index contributed by atoms with van der Waals surface area (Å²) in [5, 5.41) is 2.58. The Bertz CT molecular complexity index is 611. The summed E-state index contributed by atoms with van der Waals surface area (Å²) in [6.45, 7) is 0.0550. The zero-order chi connectivity index (χ0) is 19.5. The number of halogens is 6. The van der Waals surface area contributed by atoms with Crippen molar-refractivity contribution >= 4 is 6.03 Å². The molecule has 0 bridgehead atoms. The smallest absolute Gasteiger partial charge is 0.335 e. The molecule has 2 rings (SSSR count). The average Bonchev–Trinajstić information content (AvgIpc) is 2.54. The van der Waals surface area contributed by atoms with E-state index in [0.29, 0.717) is 18.4 Å². The molecule has 1 aromatic carbocycles. The minimum absolute atomic E-state index is 0.0550. The SMILES string of the molecule is CN(Cc1ccc(C(F)(F)F)cc1)C(=O)N[C@@H]1CCC[C@@H](C(F)(F)F)C1. The van der Waals surface area contributed by atoms with Gasteiger partial charge in [-0.05, 0) is 37.0 Å². The molecule has 0 spiro atoms. The minimum atomic E-state index is -4.43. The van der Waals surface area contributed by atoms with Gasteiger partial charge in [-0.15, -0.1) is 0 Å². The number of alkyl halides is 6. The highest BCUT2D eigenvalue weighted by molar-refractivity contribution is 5.74. The summed E-state index contributed by atoms with van der Waals surface area (Å²) in [7, 11) is 1.44. The van der Waals surface area contributed by atoms with Gasteiger partial charge in [0.2, 0.25) is 0 Å². The van der Waals surface area contributed by atoms with Gasteiger partial charge in [-0.1, -0.05) is 18.6 Å². The molecule has 1 fully saturated rings. The Morgan fingerprint density at radius 1 is 1.12 bits per heavy atom. The third-order valence-electron chi connectivity index (χ3n) is 4.51. The highest BCUT2D eigenvalue weighted by Gasteiger charge is 2.42. The van der Waals surface area contributed by atoms with Crippen LogP contribution < -0.4 is 5.32 Å². The molecule has 1 aliphatic carbocycles. The third kappa shape index (κ3) is 5.54. The molecule has 1 saturated carbocycles. The van der Waals surface area contributed by atoms with Crippen LogP contribution in [0.4, 0.5) is 31.1 Å². The lowest BCUT2D eigenvalue weighted by atomic mass is 9.85.